The number of hydrogen-bond acceptors (Lipinski definition) is 3. The number of rotatable bonds is 3. The van der Waals surface area contributed by atoms with Crippen molar-refractivity contribution in [2.75, 3.05) is 5.32 Å². The Bertz CT molecular complexity index is 992. The molecule has 2 heterocycles. The van der Waals surface area contributed by atoms with Crippen LogP contribution in [-0.4, -0.2) is 20.4 Å². The van der Waals surface area contributed by atoms with Crippen molar-refractivity contribution in [1.29, 1.82) is 0 Å². The normalized spacial score (nSPS) is 10.7. The van der Waals surface area contributed by atoms with Crippen molar-refractivity contribution in [1.82, 2.24) is 14.5 Å². The third-order valence-corrected chi connectivity index (χ3v) is 3.76. The molecule has 0 saturated carbocycles. The van der Waals surface area contributed by atoms with Crippen molar-refractivity contribution in [2.45, 2.75) is 0 Å². The van der Waals surface area contributed by atoms with Crippen molar-refractivity contribution in [3.05, 3.63) is 85.1 Å². The van der Waals surface area contributed by atoms with E-state index in [1.165, 1.54) is 0 Å². The molecule has 0 radical (unpaired) electrons. The Labute approximate surface area is 138 Å². The first kappa shape index (κ1) is 14.1. The second-order valence-corrected chi connectivity index (χ2v) is 5.36. The molecule has 0 saturated heterocycles. The molecule has 5 nitrogen and oxygen atoms in total. The summed E-state index contributed by atoms with van der Waals surface area (Å²) in [6, 6.07) is 18.9. The number of imidazole rings is 1. The number of fused-ring (bicyclic) bond motifs is 1. The van der Waals surface area contributed by atoms with E-state index in [0.717, 1.165) is 22.3 Å². The number of carbonyl (C=O) groups excluding carboxylic acids is 1. The molecule has 0 unspecified atom stereocenters. The lowest BCUT2D eigenvalue weighted by Gasteiger charge is -2.07. The van der Waals surface area contributed by atoms with E-state index in [1.54, 1.807) is 18.6 Å². The van der Waals surface area contributed by atoms with Crippen LogP contribution < -0.4 is 5.32 Å². The van der Waals surface area contributed by atoms with Crippen LogP contribution in [0.25, 0.3) is 16.6 Å². The van der Waals surface area contributed by atoms with Crippen molar-refractivity contribution < 1.29 is 4.79 Å². The average molecular weight is 314 g/mol. The minimum atomic E-state index is -0.226. The second-order valence-electron chi connectivity index (χ2n) is 5.36. The van der Waals surface area contributed by atoms with Gasteiger partial charge in [0, 0.05) is 29.2 Å². The van der Waals surface area contributed by atoms with E-state index in [4.69, 9.17) is 0 Å². The Hall–Kier alpha value is -3.47. The lowest BCUT2D eigenvalue weighted by atomic mass is 10.2. The second kappa shape index (κ2) is 5.96. The van der Waals surface area contributed by atoms with Crippen LogP contribution in [0.4, 0.5) is 5.69 Å². The molecule has 0 fully saturated rings. The van der Waals surface area contributed by atoms with Crippen LogP contribution in [0.2, 0.25) is 0 Å². The number of pyridine rings is 1. The first-order chi connectivity index (χ1) is 11.8. The molecule has 1 amide bonds. The lowest BCUT2D eigenvalue weighted by molar-refractivity contribution is 0.102. The van der Waals surface area contributed by atoms with Gasteiger partial charge < -0.3 is 9.88 Å². The molecule has 0 aliphatic heterocycles. The maximum absolute atomic E-state index is 12.4. The predicted octanol–water partition coefficient (Wildman–Crippen LogP) is 3.67. The van der Waals surface area contributed by atoms with Crippen molar-refractivity contribution in [3.8, 4) is 5.69 Å². The van der Waals surface area contributed by atoms with Gasteiger partial charge in [-0.1, -0.05) is 24.3 Å². The molecular weight excluding hydrogens is 300 g/mol. The quantitative estimate of drug-likeness (QED) is 0.627. The molecular formula is C19H14N4O. The molecule has 1 N–H and O–H groups in total. The third-order valence-electron chi connectivity index (χ3n) is 3.76. The van der Waals surface area contributed by atoms with Gasteiger partial charge in [-0.05, 0) is 36.4 Å². The highest BCUT2D eigenvalue weighted by Gasteiger charge is 2.08. The van der Waals surface area contributed by atoms with Gasteiger partial charge in [0.1, 0.15) is 5.69 Å². The van der Waals surface area contributed by atoms with Gasteiger partial charge in [0.2, 0.25) is 0 Å². The van der Waals surface area contributed by atoms with E-state index in [0.29, 0.717) is 5.69 Å². The van der Waals surface area contributed by atoms with Gasteiger partial charge in [0.25, 0.3) is 5.91 Å². The average Bonchev–Trinajstić information content (AvgIpc) is 3.16. The van der Waals surface area contributed by atoms with Crippen molar-refractivity contribution in [2.24, 2.45) is 0 Å². The van der Waals surface area contributed by atoms with Gasteiger partial charge in [-0.3, -0.25) is 4.79 Å². The van der Waals surface area contributed by atoms with Gasteiger partial charge in [-0.2, -0.15) is 0 Å². The standard InChI is InChI=1S/C19H14N4O/c24-19(18-10-5-14-3-1-2-4-17(14)22-18)21-15-6-8-16(9-7-15)23-12-11-20-13-23/h1-13H,(H,21,24). The molecule has 0 bridgehead atoms. The SMILES string of the molecule is O=C(Nc1ccc(-n2ccnc2)cc1)c1ccc2ccccc2n1. The molecule has 2 aromatic heterocycles. The van der Waals surface area contributed by atoms with Gasteiger partial charge in [-0.15, -0.1) is 0 Å². The first-order valence-corrected chi connectivity index (χ1v) is 7.55. The van der Waals surface area contributed by atoms with Crippen molar-refractivity contribution >= 4 is 22.5 Å². The number of carbonyl (C=O) groups is 1. The van der Waals surface area contributed by atoms with Crippen LogP contribution in [-0.2, 0) is 0 Å². The number of amides is 1. The van der Waals surface area contributed by atoms with Crippen LogP contribution in [0.15, 0.2) is 79.4 Å². The van der Waals surface area contributed by atoms with E-state index in [-0.39, 0.29) is 5.91 Å². The van der Waals surface area contributed by atoms with Crippen LogP contribution >= 0.6 is 0 Å². The number of benzene rings is 2. The summed E-state index contributed by atoms with van der Waals surface area (Å²) < 4.78 is 1.90. The number of nitrogens with zero attached hydrogens (tertiary/aromatic N) is 3. The molecule has 2 aromatic carbocycles. The lowest BCUT2D eigenvalue weighted by Crippen LogP contribution is -2.13. The summed E-state index contributed by atoms with van der Waals surface area (Å²) in [4.78, 5) is 20.8. The smallest absolute Gasteiger partial charge is 0.274 e. The first-order valence-electron chi connectivity index (χ1n) is 7.55. The van der Waals surface area contributed by atoms with Crippen LogP contribution in [0.5, 0.6) is 0 Å². The summed E-state index contributed by atoms with van der Waals surface area (Å²) in [5.74, 6) is -0.226. The molecule has 116 valence electrons. The summed E-state index contributed by atoms with van der Waals surface area (Å²) in [6.07, 6.45) is 5.32. The van der Waals surface area contributed by atoms with E-state index < -0.39 is 0 Å². The summed E-state index contributed by atoms with van der Waals surface area (Å²) >= 11 is 0. The monoisotopic (exact) mass is 314 g/mol. The topological polar surface area (TPSA) is 59.8 Å². The minimum Gasteiger partial charge on any atom is -0.321 e. The maximum atomic E-state index is 12.4. The van der Waals surface area contributed by atoms with Gasteiger partial charge in [0.05, 0.1) is 11.8 Å². The molecule has 0 aliphatic rings. The highest BCUT2D eigenvalue weighted by molar-refractivity contribution is 6.04. The fourth-order valence-electron chi connectivity index (χ4n) is 2.52. The maximum Gasteiger partial charge on any atom is 0.274 e. The van der Waals surface area contributed by atoms with Crippen molar-refractivity contribution in [3.63, 3.8) is 0 Å². The zero-order valence-electron chi connectivity index (χ0n) is 12.8. The fraction of sp³-hybridized carbons (Fsp3) is 0. The zero-order valence-corrected chi connectivity index (χ0v) is 12.8. The molecule has 24 heavy (non-hydrogen) atoms. The number of nitrogens with one attached hydrogen (secondary N) is 1. The number of para-hydroxylation sites is 1. The third kappa shape index (κ3) is 2.75. The summed E-state index contributed by atoms with van der Waals surface area (Å²) in [7, 11) is 0. The zero-order chi connectivity index (χ0) is 16.4. The Balaban J connectivity index is 1.54. The minimum absolute atomic E-state index is 0.226. The Morgan fingerprint density at radius 3 is 2.58 bits per heavy atom. The van der Waals surface area contributed by atoms with Crippen LogP contribution in [0.3, 0.4) is 0 Å². The van der Waals surface area contributed by atoms with Gasteiger partial charge in [-0.25, -0.2) is 9.97 Å². The molecule has 4 rings (SSSR count). The van der Waals surface area contributed by atoms with E-state index in [1.807, 2.05) is 65.4 Å². The largest absolute Gasteiger partial charge is 0.321 e. The van der Waals surface area contributed by atoms with E-state index in [9.17, 15) is 4.79 Å². The summed E-state index contributed by atoms with van der Waals surface area (Å²) in [5, 5.41) is 3.88. The number of hydrogen-bond donors (Lipinski definition) is 1. The summed E-state index contributed by atoms with van der Waals surface area (Å²) in [6.45, 7) is 0. The molecule has 4 aromatic rings. The Morgan fingerprint density at radius 1 is 0.958 bits per heavy atom. The van der Waals surface area contributed by atoms with E-state index in [2.05, 4.69) is 15.3 Å². The Morgan fingerprint density at radius 2 is 1.79 bits per heavy atom. The van der Waals surface area contributed by atoms with Gasteiger partial charge >= 0.3 is 0 Å². The van der Waals surface area contributed by atoms with Crippen LogP contribution in [0, 0.1) is 0 Å². The Kier molecular flexibility index (Phi) is 3.51. The molecule has 5 heteroatoms. The highest BCUT2D eigenvalue weighted by atomic mass is 16.1. The molecule has 0 aliphatic carbocycles. The molecule has 0 spiro atoms. The highest BCUT2D eigenvalue weighted by Crippen LogP contribution is 2.15. The predicted molar refractivity (Wildman–Crippen MR) is 93.3 cm³/mol. The fourth-order valence-corrected chi connectivity index (χ4v) is 2.52. The van der Waals surface area contributed by atoms with Gasteiger partial charge in [0.15, 0.2) is 0 Å². The molecule has 0 atom stereocenters. The number of aromatic nitrogens is 3. The number of anilines is 1. The van der Waals surface area contributed by atoms with E-state index >= 15 is 0 Å². The summed E-state index contributed by atoms with van der Waals surface area (Å²) in [5.41, 5.74) is 2.90. The van der Waals surface area contributed by atoms with Crippen LogP contribution in [0.1, 0.15) is 10.5 Å².